The fraction of sp³-hybridized carbons (Fsp3) is 0.417. The molecule has 0 unspecified atom stereocenters. The van der Waals surface area contributed by atoms with Crippen LogP contribution in [-0.4, -0.2) is 45.5 Å². The first-order valence-electron chi connectivity index (χ1n) is 10.6. The maximum Gasteiger partial charge on any atom is 0.313 e. The molecular formula is C24H33N4O2+. The number of rotatable bonds is 6. The van der Waals surface area contributed by atoms with Gasteiger partial charge in [-0.25, -0.2) is 0 Å². The number of hydrogen-bond acceptors (Lipinski definition) is 3. The molecule has 1 aliphatic heterocycles. The van der Waals surface area contributed by atoms with Gasteiger partial charge in [-0.1, -0.05) is 24.3 Å². The second kappa shape index (κ2) is 9.76. The Labute approximate surface area is 179 Å². The van der Waals surface area contributed by atoms with E-state index >= 15 is 0 Å². The molecule has 2 amide bonds. The summed E-state index contributed by atoms with van der Waals surface area (Å²) in [6.07, 6.45) is 2.39. The number of likely N-dealkylation sites (tertiary alicyclic amines) is 1. The van der Waals surface area contributed by atoms with E-state index in [0.717, 1.165) is 29.9 Å². The van der Waals surface area contributed by atoms with Crippen LogP contribution in [0.25, 0.3) is 0 Å². The summed E-state index contributed by atoms with van der Waals surface area (Å²) in [4.78, 5) is 28.5. The molecule has 2 aromatic carbocycles. The third-order valence-electron chi connectivity index (χ3n) is 5.86. The Bertz CT molecular complexity index is 887. The molecule has 1 saturated heterocycles. The van der Waals surface area contributed by atoms with Gasteiger partial charge in [0, 0.05) is 43.9 Å². The number of carbonyl (C=O) groups excluding carboxylic acids is 2. The molecule has 0 radical (unpaired) electrons. The highest BCUT2D eigenvalue weighted by molar-refractivity contribution is 6.39. The molecule has 1 fully saturated rings. The Hall–Kier alpha value is -2.86. The summed E-state index contributed by atoms with van der Waals surface area (Å²) in [5, 5.41) is 5.61. The lowest BCUT2D eigenvalue weighted by atomic mass is 10.0. The fourth-order valence-corrected chi connectivity index (χ4v) is 4.00. The van der Waals surface area contributed by atoms with Gasteiger partial charge in [0.05, 0.1) is 19.6 Å². The molecule has 0 spiro atoms. The van der Waals surface area contributed by atoms with Gasteiger partial charge in [0.15, 0.2) is 0 Å². The van der Waals surface area contributed by atoms with Gasteiger partial charge in [0.2, 0.25) is 0 Å². The van der Waals surface area contributed by atoms with Crippen LogP contribution in [0, 0.1) is 13.8 Å². The van der Waals surface area contributed by atoms with Crippen molar-refractivity contribution < 1.29 is 14.5 Å². The third-order valence-corrected chi connectivity index (χ3v) is 5.86. The molecule has 0 saturated carbocycles. The minimum atomic E-state index is -0.623. The molecule has 160 valence electrons. The first kappa shape index (κ1) is 21.8. The molecule has 2 aromatic rings. The molecule has 6 nitrogen and oxygen atoms in total. The molecule has 3 N–H and O–H groups in total. The van der Waals surface area contributed by atoms with E-state index in [1.54, 1.807) is 0 Å². The zero-order valence-corrected chi connectivity index (χ0v) is 18.4. The normalized spacial score (nSPS) is 14.9. The average Bonchev–Trinajstić information content (AvgIpc) is 3.25. The maximum absolute atomic E-state index is 12.5. The van der Waals surface area contributed by atoms with E-state index in [4.69, 9.17) is 0 Å². The summed E-state index contributed by atoms with van der Waals surface area (Å²) >= 11 is 0. The van der Waals surface area contributed by atoms with Gasteiger partial charge in [-0.05, 0) is 43.2 Å². The lowest BCUT2D eigenvalue weighted by Gasteiger charge is -2.25. The fourth-order valence-electron chi connectivity index (χ4n) is 4.00. The van der Waals surface area contributed by atoms with E-state index in [0.29, 0.717) is 12.2 Å². The molecule has 6 heteroatoms. The summed E-state index contributed by atoms with van der Waals surface area (Å²) in [6.45, 7) is 6.49. The van der Waals surface area contributed by atoms with Crippen molar-refractivity contribution in [2.24, 2.45) is 0 Å². The molecule has 1 heterocycles. The average molecular weight is 410 g/mol. The van der Waals surface area contributed by atoms with Crippen LogP contribution in [0.4, 0.5) is 11.4 Å². The van der Waals surface area contributed by atoms with Crippen molar-refractivity contribution in [3.05, 3.63) is 59.2 Å². The van der Waals surface area contributed by atoms with Gasteiger partial charge in [0.25, 0.3) is 0 Å². The Balaban J connectivity index is 1.66. The zero-order valence-electron chi connectivity index (χ0n) is 18.4. The first-order valence-corrected chi connectivity index (χ1v) is 10.6. The molecule has 1 atom stereocenters. The minimum Gasteiger partial charge on any atom is -0.378 e. The van der Waals surface area contributed by atoms with Gasteiger partial charge >= 0.3 is 11.8 Å². The van der Waals surface area contributed by atoms with E-state index in [2.05, 4.69) is 39.8 Å². The highest BCUT2D eigenvalue weighted by Gasteiger charge is 2.28. The highest BCUT2D eigenvalue weighted by atomic mass is 16.2. The highest BCUT2D eigenvalue weighted by Crippen LogP contribution is 2.18. The van der Waals surface area contributed by atoms with E-state index in [1.165, 1.54) is 23.3 Å². The standard InChI is InChI=1S/C24H32N4O2/c1-17-7-8-18(2)21(15-17)26-24(30)23(29)25-16-22(28-13-5-6-14-28)19-9-11-20(12-10-19)27(3)4/h7-12,15,22H,5-6,13-14,16H2,1-4H3,(H,25,29)(H,26,30)/p+1/t22-/m1/s1. The van der Waals surface area contributed by atoms with E-state index in [1.807, 2.05) is 46.1 Å². The van der Waals surface area contributed by atoms with Crippen molar-refractivity contribution in [1.29, 1.82) is 0 Å². The summed E-state index contributed by atoms with van der Waals surface area (Å²) in [6, 6.07) is 14.4. The van der Waals surface area contributed by atoms with Crippen molar-refractivity contribution in [3.8, 4) is 0 Å². The topological polar surface area (TPSA) is 65.9 Å². The van der Waals surface area contributed by atoms with Crippen LogP contribution in [0.1, 0.15) is 35.6 Å². The Morgan fingerprint density at radius 3 is 2.30 bits per heavy atom. The number of carbonyl (C=O) groups is 2. The maximum atomic E-state index is 12.5. The summed E-state index contributed by atoms with van der Waals surface area (Å²) in [5.41, 5.74) is 4.98. The molecule has 0 aromatic heterocycles. The number of nitrogens with one attached hydrogen (secondary N) is 3. The van der Waals surface area contributed by atoms with Crippen LogP contribution >= 0.6 is 0 Å². The second-order valence-electron chi connectivity index (χ2n) is 8.39. The van der Waals surface area contributed by atoms with E-state index in [-0.39, 0.29) is 6.04 Å². The number of hydrogen-bond donors (Lipinski definition) is 3. The third kappa shape index (κ3) is 5.39. The molecule has 30 heavy (non-hydrogen) atoms. The quantitative estimate of drug-likeness (QED) is 0.638. The molecule has 0 aliphatic carbocycles. The predicted octanol–water partition coefficient (Wildman–Crippen LogP) is 1.84. The van der Waals surface area contributed by atoms with Crippen molar-refractivity contribution in [2.45, 2.75) is 32.7 Å². The van der Waals surface area contributed by atoms with Gasteiger partial charge in [0.1, 0.15) is 6.04 Å². The Morgan fingerprint density at radius 2 is 1.67 bits per heavy atom. The monoisotopic (exact) mass is 409 g/mol. The molecule has 0 bridgehead atoms. The number of anilines is 2. The number of nitrogens with zero attached hydrogens (tertiary/aromatic N) is 1. The van der Waals surface area contributed by atoms with Crippen LogP contribution in [0.5, 0.6) is 0 Å². The van der Waals surface area contributed by atoms with Crippen molar-refractivity contribution >= 4 is 23.2 Å². The molecule has 3 rings (SSSR count). The van der Waals surface area contributed by atoms with Gasteiger partial charge < -0.3 is 20.4 Å². The lowest BCUT2D eigenvalue weighted by molar-refractivity contribution is -0.918. The number of quaternary nitrogens is 1. The van der Waals surface area contributed by atoms with Crippen molar-refractivity contribution in [2.75, 3.05) is 43.9 Å². The summed E-state index contributed by atoms with van der Waals surface area (Å²) in [7, 11) is 4.04. The van der Waals surface area contributed by atoms with Gasteiger partial charge in [-0.15, -0.1) is 0 Å². The van der Waals surface area contributed by atoms with Gasteiger partial charge in [-0.3, -0.25) is 9.59 Å². The molecule has 1 aliphatic rings. The van der Waals surface area contributed by atoms with Crippen LogP contribution in [0.15, 0.2) is 42.5 Å². The zero-order chi connectivity index (χ0) is 21.7. The van der Waals surface area contributed by atoms with E-state index in [9.17, 15) is 9.59 Å². The number of aryl methyl sites for hydroxylation is 2. The van der Waals surface area contributed by atoms with Crippen LogP contribution in [-0.2, 0) is 9.59 Å². The van der Waals surface area contributed by atoms with Crippen LogP contribution in [0.3, 0.4) is 0 Å². The largest absolute Gasteiger partial charge is 0.378 e. The van der Waals surface area contributed by atoms with Crippen molar-refractivity contribution in [3.63, 3.8) is 0 Å². The predicted molar refractivity (Wildman–Crippen MR) is 121 cm³/mol. The number of benzene rings is 2. The van der Waals surface area contributed by atoms with Crippen molar-refractivity contribution in [1.82, 2.24) is 5.32 Å². The van der Waals surface area contributed by atoms with Gasteiger partial charge in [-0.2, -0.15) is 0 Å². The summed E-state index contributed by atoms with van der Waals surface area (Å²) < 4.78 is 0. The second-order valence-corrected chi connectivity index (χ2v) is 8.39. The Morgan fingerprint density at radius 1 is 1.00 bits per heavy atom. The van der Waals surface area contributed by atoms with Crippen LogP contribution in [0.2, 0.25) is 0 Å². The van der Waals surface area contributed by atoms with Crippen LogP contribution < -0.4 is 20.4 Å². The molecular weight excluding hydrogens is 376 g/mol. The lowest BCUT2D eigenvalue weighted by Crippen LogP contribution is -3.11. The smallest absolute Gasteiger partial charge is 0.313 e. The Kier molecular flexibility index (Phi) is 7.11. The first-order chi connectivity index (χ1) is 14.3. The minimum absolute atomic E-state index is 0.140. The van der Waals surface area contributed by atoms with E-state index < -0.39 is 11.8 Å². The number of amides is 2. The summed E-state index contributed by atoms with van der Waals surface area (Å²) in [5.74, 6) is -1.22. The SMILES string of the molecule is Cc1ccc(C)c(NC(=O)C(=O)NC[C@H](c2ccc(N(C)C)cc2)[NH+]2CCCC2)c1.